The minimum Gasteiger partial charge on any atom is -0.497 e. The van der Waals surface area contributed by atoms with Gasteiger partial charge in [0.15, 0.2) is 0 Å². The van der Waals surface area contributed by atoms with Crippen LogP contribution in [0.4, 0.5) is 0 Å². The second kappa shape index (κ2) is 9.62. The molecule has 0 bridgehead atoms. The SMILES string of the molecule is CCC1(CCC(CC2=CCCCC2)c2ccc(OC)cc2)CCCCC1. The Morgan fingerprint density at radius 2 is 1.77 bits per heavy atom. The molecule has 1 aromatic carbocycles. The number of allylic oxidation sites excluding steroid dienone is 2. The molecule has 2 aliphatic carbocycles. The van der Waals surface area contributed by atoms with E-state index in [1.165, 1.54) is 89.0 Å². The lowest BCUT2D eigenvalue weighted by Gasteiger charge is -2.38. The van der Waals surface area contributed by atoms with Crippen LogP contribution in [0.5, 0.6) is 5.75 Å². The normalized spacial score (nSPS) is 21.1. The first kappa shape index (κ1) is 19.5. The summed E-state index contributed by atoms with van der Waals surface area (Å²) in [6.45, 7) is 2.43. The van der Waals surface area contributed by atoms with E-state index in [9.17, 15) is 0 Å². The number of methoxy groups -OCH3 is 1. The topological polar surface area (TPSA) is 9.23 Å². The van der Waals surface area contributed by atoms with Crippen molar-refractivity contribution in [2.45, 2.75) is 96.3 Å². The average molecular weight is 355 g/mol. The van der Waals surface area contributed by atoms with Crippen molar-refractivity contribution in [1.29, 1.82) is 0 Å². The van der Waals surface area contributed by atoms with E-state index in [4.69, 9.17) is 4.74 Å². The molecule has 0 aromatic heterocycles. The lowest BCUT2D eigenvalue weighted by atomic mass is 9.68. The quantitative estimate of drug-likeness (QED) is 0.432. The summed E-state index contributed by atoms with van der Waals surface area (Å²) in [6, 6.07) is 8.92. The van der Waals surface area contributed by atoms with E-state index in [0.29, 0.717) is 11.3 Å². The first-order valence-electron chi connectivity index (χ1n) is 11.1. The maximum absolute atomic E-state index is 5.38. The van der Waals surface area contributed by atoms with E-state index in [2.05, 4.69) is 37.3 Å². The lowest BCUT2D eigenvalue weighted by molar-refractivity contribution is 0.156. The van der Waals surface area contributed by atoms with Crippen LogP contribution in [-0.2, 0) is 0 Å². The summed E-state index contributed by atoms with van der Waals surface area (Å²) in [5.41, 5.74) is 3.86. The van der Waals surface area contributed by atoms with Crippen molar-refractivity contribution in [3.8, 4) is 5.75 Å². The van der Waals surface area contributed by atoms with Crippen LogP contribution in [0.2, 0.25) is 0 Å². The zero-order valence-corrected chi connectivity index (χ0v) is 17.1. The Bertz CT molecular complexity index is 562. The fourth-order valence-corrected chi connectivity index (χ4v) is 5.23. The number of benzene rings is 1. The van der Waals surface area contributed by atoms with Crippen LogP contribution < -0.4 is 4.74 Å². The Morgan fingerprint density at radius 1 is 1.00 bits per heavy atom. The van der Waals surface area contributed by atoms with Gasteiger partial charge in [0, 0.05) is 0 Å². The van der Waals surface area contributed by atoms with Gasteiger partial charge < -0.3 is 4.74 Å². The molecule has 0 saturated heterocycles. The molecule has 1 aromatic rings. The van der Waals surface area contributed by atoms with E-state index >= 15 is 0 Å². The molecule has 3 rings (SSSR count). The molecule has 0 heterocycles. The molecule has 1 heteroatoms. The monoisotopic (exact) mass is 354 g/mol. The van der Waals surface area contributed by atoms with Crippen LogP contribution >= 0.6 is 0 Å². The Labute approximate surface area is 161 Å². The third-order valence-corrected chi connectivity index (χ3v) is 7.17. The Kier molecular flexibility index (Phi) is 7.23. The van der Waals surface area contributed by atoms with E-state index in [1.54, 1.807) is 12.7 Å². The van der Waals surface area contributed by atoms with Gasteiger partial charge in [-0.1, -0.05) is 56.4 Å². The van der Waals surface area contributed by atoms with Crippen molar-refractivity contribution < 1.29 is 4.74 Å². The van der Waals surface area contributed by atoms with Crippen molar-refractivity contribution in [3.63, 3.8) is 0 Å². The fraction of sp³-hybridized carbons (Fsp3) is 0.680. The largest absolute Gasteiger partial charge is 0.497 e. The minimum absolute atomic E-state index is 0.629. The minimum atomic E-state index is 0.629. The molecular weight excluding hydrogens is 316 g/mol. The highest BCUT2D eigenvalue weighted by molar-refractivity contribution is 5.30. The van der Waals surface area contributed by atoms with Crippen LogP contribution in [0.3, 0.4) is 0 Å². The van der Waals surface area contributed by atoms with Gasteiger partial charge in [0.1, 0.15) is 5.75 Å². The maximum atomic E-state index is 5.38. The summed E-state index contributed by atoms with van der Waals surface area (Å²) in [7, 11) is 1.76. The van der Waals surface area contributed by atoms with Gasteiger partial charge in [0.25, 0.3) is 0 Å². The molecule has 0 radical (unpaired) electrons. The van der Waals surface area contributed by atoms with Gasteiger partial charge in [-0.25, -0.2) is 0 Å². The molecule has 0 amide bonds. The van der Waals surface area contributed by atoms with Gasteiger partial charge in [-0.3, -0.25) is 0 Å². The van der Waals surface area contributed by atoms with Gasteiger partial charge in [-0.15, -0.1) is 0 Å². The van der Waals surface area contributed by atoms with Crippen LogP contribution in [-0.4, -0.2) is 7.11 Å². The third kappa shape index (κ3) is 5.15. The molecule has 2 aliphatic rings. The molecule has 0 aliphatic heterocycles. The second-order valence-corrected chi connectivity index (χ2v) is 8.74. The lowest BCUT2D eigenvalue weighted by Crippen LogP contribution is -2.24. The van der Waals surface area contributed by atoms with Crippen LogP contribution in [0, 0.1) is 5.41 Å². The zero-order valence-electron chi connectivity index (χ0n) is 17.1. The van der Waals surface area contributed by atoms with Crippen LogP contribution in [0.25, 0.3) is 0 Å². The summed E-state index contributed by atoms with van der Waals surface area (Å²) >= 11 is 0. The molecule has 1 nitrogen and oxygen atoms in total. The predicted molar refractivity (Wildman–Crippen MR) is 112 cm³/mol. The molecule has 1 saturated carbocycles. The van der Waals surface area contributed by atoms with Crippen molar-refractivity contribution in [2.75, 3.05) is 7.11 Å². The Balaban J connectivity index is 1.71. The summed E-state index contributed by atoms with van der Waals surface area (Å²) in [6.07, 6.45) is 20.6. The van der Waals surface area contributed by atoms with Gasteiger partial charge in [-0.2, -0.15) is 0 Å². The molecular formula is C25H38O. The Morgan fingerprint density at radius 3 is 2.38 bits per heavy atom. The molecule has 0 spiro atoms. The fourth-order valence-electron chi connectivity index (χ4n) is 5.23. The van der Waals surface area contributed by atoms with Gasteiger partial charge in [0.2, 0.25) is 0 Å². The molecule has 144 valence electrons. The van der Waals surface area contributed by atoms with Crippen molar-refractivity contribution in [2.24, 2.45) is 5.41 Å². The average Bonchev–Trinajstić information content (AvgIpc) is 2.72. The number of hydrogen-bond acceptors (Lipinski definition) is 1. The highest BCUT2D eigenvalue weighted by atomic mass is 16.5. The summed E-state index contributed by atoms with van der Waals surface area (Å²) in [4.78, 5) is 0. The smallest absolute Gasteiger partial charge is 0.118 e. The van der Waals surface area contributed by atoms with Gasteiger partial charge >= 0.3 is 0 Å². The highest BCUT2D eigenvalue weighted by Crippen LogP contribution is 2.45. The summed E-state index contributed by atoms with van der Waals surface area (Å²) in [5.74, 6) is 1.65. The first-order chi connectivity index (χ1) is 12.7. The molecule has 1 atom stereocenters. The number of hydrogen-bond donors (Lipinski definition) is 0. The van der Waals surface area contributed by atoms with Gasteiger partial charge in [-0.05, 0) is 86.8 Å². The molecule has 0 N–H and O–H groups in total. The van der Waals surface area contributed by atoms with Crippen molar-refractivity contribution in [3.05, 3.63) is 41.5 Å². The van der Waals surface area contributed by atoms with Gasteiger partial charge in [0.05, 0.1) is 7.11 Å². The molecule has 1 unspecified atom stereocenters. The highest BCUT2D eigenvalue weighted by Gasteiger charge is 2.31. The zero-order chi connectivity index (χ0) is 18.2. The van der Waals surface area contributed by atoms with Crippen molar-refractivity contribution >= 4 is 0 Å². The van der Waals surface area contributed by atoms with E-state index in [-0.39, 0.29) is 0 Å². The molecule has 26 heavy (non-hydrogen) atoms. The maximum Gasteiger partial charge on any atom is 0.118 e. The third-order valence-electron chi connectivity index (χ3n) is 7.17. The second-order valence-electron chi connectivity index (χ2n) is 8.74. The standard InChI is InChI=1S/C25H38O/c1-3-25(17-8-5-9-18-25)19-16-23(20-21-10-6-4-7-11-21)22-12-14-24(26-2)15-13-22/h10,12-15,23H,3-9,11,16-20H2,1-2H3. The van der Waals surface area contributed by atoms with E-state index in [0.717, 1.165) is 5.75 Å². The van der Waals surface area contributed by atoms with Crippen molar-refractivity contribution in [1.82, 2.24) is 0 Å². The van der Waals surface area contributed by atoms with Crippen LogP contribution in [0.1, 0.15) is 102 Å². The predicted octanol–water partition coefficient (Wildman–Crippen LogP) is 7.81. The number of rotatable bonds is 8. The van der Waals surface area contributed by atoms with Crippen LogP contribution in [0.15, 0.2) is 35.9 Å². The Hall–Kier alpha value is -1.24. The summed E-state index contributed by atoms with van der Waals surface area (Å²) < 4.78 is 5.38. The number of ether oxygens (including phenoxy) is 1. The van der Waals surface area contributed by atoms with E-state index < -0.39 is 0 Å². The summed E-state index contributed by atoms with van der Waals surface area (Å²) in [5, 5.41) is 0. The molecule has 1 fully saturated rings. The first-order valence-corrected chi connectivity index (χ1v) is 11.1. The van der Waals surface area contributed by atoms with E-state index in [1.807, 2.05) is 0 Å².